The van der Waals surface area contributed by atoms with Gasteiger partial charge in [0.25, 0.3) is 5.56 Å². The van der Waals surface area contributed by atoms with E-state index < -0.39 is 5.82 Å². The lowest BCUT2D eigenvalue weighted by Crippen LogP contribution is -2.37. The first kappa shape index (κ1) is 24.6. The summed E-state index contributed by atoms with van der Waals surface area (Å²) >= 11 is 6.01. The van der Waals surface area contributed by atoms with Gasteiger partial charge in [-0.05, 0) is 48.0 Å². The van der Waals surface area contributed by atoms with Crippen molar-refractivity contribution in [1.82, 2.24) is 14.5 Å². The van der Waals surface area contributed by atoms with Crippen LogP contribution in [0.5, 0.6) is 11.6 Å². The predicted octanol–water partition coefficient (Wildman–Crippen LogP) is 4.77. The Balaban J connectivity index is 1.38. The summed E-state index contributed by atoms with van der Waals surface area (Å²) in [6.45, 7) is 1.01. The van der Waals surface area contributed by atoms with Gasteiger partial charge >= 0.3 is 0 Å². The van der Waals surface area contributed by atoms with Crippen molar-refractivity contribution in [3.8, 4) is 11.6 Å². The fraction of sp³-hybridized carbons (Fsp3) is 0.185. The summed E-state index contributed by atoms with van der Waals surface area (Å²) < 4.78 is 25.3. The van der Waals surface area contributed by atoms with Gasteiger partial charge in [0.15, 0.2) is 0 Å². The molecule has 1 saturated heterocycles. The summed E-state index contributed by atoms with van der Waals surface area (Å²) in [5.41, 5.74) is 1.53. The maximum Gasteiger partial charge on any atom is 0.258 e. The van der Waals surface area contributed by atoms with Crippen molar-refractivity contribution in [3.63, 3.8) is 0 Å². The first-order valence-corrected chi connectivity index (χ1v) is 11.9. The molecule has 0 amide bonds. The van der Waals surface area contributed by atoms with Crippen LogP contribution in [-0.2, 0) is 22.5 Å². The normalized spacial score (nSPS) is 13.1. The zero-order chi connectivity index (χ0) is 25.8. The summed E-state index contributed by atoms with van der Waals surface area (Å²) in [6.07, 6.45) is 2.52. The molecule has 0 saturated carbocycles. The molecule has 0 aliphatic carbocycles. The molecule has 188 valence electrons. The molecule has 2 aromatic heterocycles. The number of nitrogens with zero attached hydrogens (tertiary/aromatic N) is 3. The second kappa shape index (κ2) is 10.9. The average molecular weight is 521 g/mol. The monoisotopic (exact) mass is 520 g/mol. The van der Waals surface area contributed by atoms with Crippen LogP contribution in [-0.4, -0.2) is 33.5 Å². The molecular weight excluding hydrogens is 499 g/mol. The molecule has 0 atom stereocenters. The van der Waals surface area contributed by atoms with Gasteiger partial charge in [-0.1, -0.05) is 23.7 Å². The van der Waals surface area contributed by atoms with Crippen LogP contribution in [0, 0.1) is 11.7 Å². The van der Waals surface area contributed by atoms with Gasteiger partial charge < -0.3 is 14.8 Å². The number of ether oxygens (including phenoxy) is 2. The van der Waals surface area contributed by atoms with E-state index in [2.05, 4.69) is 15.3 Å². The third-order valence-corrected chi connectivity index (χ3v) is 6.12. The van der Waals surface area contributed by atoms with Crippen molar-refractivity contribution >= 4 is 29.0 Å². The molecule has 3 heterocycles. The van der Waals surface area contributed by atoms with Gasteiger partial charge in [-0.25, -0.2) is 14.4 Å². The molecule has 2 aromatic carbocycles. The number of hydrogen-bond acceptors (Lipinski definition) is 7. The topological polar surface area (TPSA) is 95.3 Å². The van der Waals surface area contributed by atoms with Crippen molar-refractivity contribution in [2.75, 3.05) is 18.5 Å². The summed E-state index contributed by atoms with van der Waals surface area (Å²) in [5, 5.41) is 3.76. The van der Waals surface area contributed by atoms with Gasteiger partial charge in [-0.3, -0.25) is 14.2 Å². The Hall–Kier alpha value is -4.08. The molecule has 5 rings (SSSR count). The summed E-state index contributed by atoms with van der Waals surface area (Å²) in [6, 6.07) is 16.8. The fourth-order valence-corrected chi connectivity index (χ4v) is 3.83. The Morgan fingerprint density at radius 2 is 1.81 bits per heavy atom. The zero-order valence-electron chi connectivity index (χ0n) is 19.6. The number of nitrogens with one attached hydrogen (secondary N) is 1. The minimum Gasteiger partial charge on any atom is -0.439 e. The van der Waals surface area contributed by atoms with Crippen molar-refractivity contribution in [2.45, 2.75) is 13.0 Å². The molecular formula is C27H22ClFN4O4. The van der Waals surface area contributed by atoms with Crippen molar-refractivity contribution in [2.24, 2.45) is 5.92 Å². The molecule has 0 unspecified atom stereocenters. The number of aromatic nitrogens is 3. The maximum atomic E-state index is 13.4. The SMILES string of the molecule is O=C(Cc1cnc(Nc2ccc(Oc3ccc(F)cn3)cc2)n(Cc2ccc(Cl)cc2)c1=O)C1COC1. The molecule has 1 aliphatic heterocycles. The van der Waals surface area contributed by atoms with Crippen LogP contribution in [0.4, 0.5) is 16.0 Å². The number of benzene rings is 2. The molecule has 8 nitrogen and oxygen atoms in total. The third kappa shape index (κ3) is 6.02. The van der Waals surface area contributed by atoms with Crippen LogP contribution in [0.15, 0.2) is 77.9 Å². The largest absolute Gasteiger partial charge is 0.439 e. The lowest BCUT2D eigenvalue weighted by Gasteiger charge is -2.24. The minimum absolute atomic E-state index is 0.00418. The summed E-state index contributed by atoms with van der Waals surface area (Å²) in [7, 11) is 0. The molecule has 0 bridgehead atoms. The highest BCUT2D eigenvalue weighted by molar-refractivity contribution is 6.30. The Bertz CT molecular complexity index is 1450. The number of halogens is 2. The fourth-order valence-electron chi connectivity index (χ4n) is 3.71. The highest BCUT2D eigenvalue weighted by atomic mass is 35.5. The van der Waals surface area contributed by atoms with Crippen molar-refractivity contribution in [3.05, 3.63) is 105 Å². The van der Waals surface area contributed by atoms with E-state index >= 15 is 0 Å². The van der Waals surface area contributed by atoms with Gasteiger partial charge in [0.1, 0.15) is 17.3 Å². The molecule has 37 heavy (non-hydrogen) atoms. The second-order valence-corrected chi connectivity index (χ2v) is 9.00. The number of rotatable bonds is 9. The van der Waals surface area contributed by atoms with E-state index in [1.54, 1.807) is 36.4 Å². The number of pyridine rings is 1. The van der Waals surface area contributed by atoms with Crippen molar-refractivity contribution in [1.29, 1.82) is 0 Å². The third-order valence-electron chi connectivity index (χ3n) is 5.86. The number of Topliss-reactive ketones (excluding diaryl/α,β-unsaturated/α-hetero) is 1. The minimum atomic E-state index is -0.448. The Morgan fingerprint density at radius 1 is 1.05 bits per heavy atom. The lowest BCUT2D eigenvalue weighted by atomic mass is 9.97. The first-order chi connectivity index (χ1) is 17.9. The van der Waals surface area contributed by atoms with Gasteiger partial charge in [0.05, 0.1) is 31.9 Å². The molecule has 1 fully saturated rings. The van der Waals surface area contributed by atoms with Crippen molar-refractivity contribution < 1.29 is 18.7 Å². The maximum absolute atomic E-state index is 13.4. The molecule has 10 heteroatoms. The number of hydrogen-bond donors (Lipinski definition) is 1. The first-order valence-electron chi connectivity index (χ1n) is 11.5. The Labute approximate surface area is 216 Å². The molecule has 1 N–H and O–H groups in total. The number of ketones is 1. The van der Waals surface area contributed by atoms with E-state index in [1.807, 2.05) is 12.1 Å². The standard InChI is InChI=1S/C27H22ClFN4O4/c28-20-3-1-17(2-4-20)14-33-26(35)18(11-24(34)19-15-36-16-19)12-31-27(33)32-22-6-8-23(9-7-22)37-25-10-5-21(29)13-30-25/h1-10,12-13,19H,11,14-16H2,(H,31,32). The summed E-state index contributed by atoms with van der Waals surface area (Å²) in [5.74, 6) is 0.431. The van der Waals surface area contributed by atoms with Gasteiger partial charge in [-0.15, -0.1) is 0 Å². The average Bonchev–Trinajstić information content (AvgIpc) is 2.86. The van der Waals surface area contributed by atoms with Crippen LogP contribution in [0.2, 0.25) is 5.02 Å². The van der Waals surface area contributed by atoms with Crippen LogP contribution >= 0.6 is 11.6 Å². The quantitative estimate of drug-likeness (QED) is 0.339. The smallest absolute Gasteiger partial charge is 0.258 e. The number of carbonyl (C=O) groups is 1. The van der Waals surface area contributed by atoms with Crippen LogP contribution in [0.25, 0.3) is 0 Å². The van der Waals surface area contributed by atoms with E-state index in [9.17, 15) is 14.0 Å². The van der Waals surface area contributed by atoms with Crippen LogP contribution < -0.4 is 15.6 Å². The number of anilines is 2. The van der Waals surface area contributed by atoms with E-state index in [1.165, 1.54) is 22.9 Å². The molecule has 1 aliphatic rings. The molecule has 0 radical (unpaired) electrons. The van der Waals surface area contributed by atoms with Gasteiger partial charge in [0.2, 0.25) is 11.8 Å². The zero-order valence-corrected chi connectivity index (χ0v) is 20.3. The summed E-state index contributed by atoms with van der Waals surface area (Å²) in [4.78, 5) is 34.3. The van der Waals surface area contributed by atoms with Crippen LogP contribution in [0.1, 0.15) is 11.1 Å². The van der Waals surface area contributed by atoms with E-state index in [-0.39, 0.29) is 36.1 Å². The second-order valence-electron chi connectivity index (χ2n) is 8.57. The van der Waals surface area contributed by atoms with Gasteiger partial charge in [0, 0.05) is 35.0 Å². The Kier molecular flexibility index (Phi) is 7.25. The molecule has 0 spiro atoms. The molecule has 4 aromatic rings. The van der Waals surface area contributed by atoms with E-state index in [0.717, 1.165) is 11.8 Å². The highest BCUT2D eigenvalue weighted by Crippen LogP contribution is 2.23. The van der Waals surface area contributed by atoms with E-state index in [0.29, 0.717) is 41.2 Å². The Morgan fingerprint density at radius 3 is 2.46 bits per heavy atom. The van der Waals surface area contributed by atoms with Crippen LogP contribution in [0.3, 0.4) is 0 Å². The lowest BCUT2D eigenvalue weighted by molar-refractivity contribution is -0.135. The number of carbonyl (C=O) groups excluding carboxylic acids is 1. The highest BCUT2D eigenvalue weighted by Gasteiger charge is 2.27. The predicted molar refractivity (Wildman–Crippen MR) is 136 cm³/mol. The van der Waals surface area contributed by atoms with Gasteiger partial charge in [-0.2, -0.15) is 0 Å². The van der Waals surface area contributed by atoms with E-state index in [4.69, 9.17) is 21.1 Å².